The summed E-state index contributed by atoms with van der Waals surface area (Å²) in [5.41, 5.74) is 5.45. The number of nitrogens with one attached hydrogen (secondary N) is 1. The lowest BCUT2D eigenvalue weighted by Crippen LogP contribution is -2.50. The fourth-order valence-corrected chi connectivity index (χ4v) is 3.56. The molecule has 18 heavy (non-hydrogen) atoms. The molecular formula is C10H21N3O4S. The highest BCUT2D eigenvalue weighted by atomic mass is 32.2. The van der Waals surface area contributed by atoms with Gasteiger partial charge in [-0.05, 0) is 12.8 Å². The third-order valence-corrected chi connectivity index (χ3v) is 4.56. The molecule has 1 rings (SSSR count). The lowest BCUT2D eigenvalue weighted by Gasteiger charge is -2.32. The minimum atomic E-state index is -3.87. The van der Waals surface area contributed by atoms with Crippen LogP contribution in [0.2, 0.25) is 0 Å². The van der Waals surface area contributed by atoms with Crippen LogP contribution in [0.4, 0.5) is 4.79 Å². The predicted molar refractivity (Wildman–Crippen MR) is 67.1 cm³/mol. The molecule has 1 amide bonds. The van der Waals surface area contributed by atoms with Crippen LogP contribution in [0.5, 0.6) is 0 Å². The summed E-state index contributed by atoms with van der Waals surface area (Å²) < 4.78 is 31.6. The van der Waals surface area contributed by atoms with Crippen LogP contribution in [0, 0.1) is 0 Å². The Morgan fingerprint density at radius 2 is 2.00 bits per heavy atom. The molecule has 0 atom stereocenters. The van der Waals surface area contributed by atoms with Gasteiger partial charge in [-0.2, -0.15) is 12.7 Å². The number of nitrogens with zero attached hydrogens (tertiary/aromatic N) is 1. The molecule has 0 spiro atoms. The van der Waals surface area contributed by atoms with E-state index in [4.69, 9.17) is 5.73 Å². The van der Waals surface area contributed by atoms with Gasteiger partial charge in [-0.1, -0.05) is 19.3 Å². The van der Waals surface area contributed by atoms with Gasteiger partial charge in [-0.3, -0.25) is 0 Å². The minimum absolute atomic E-state index is 0.0792. The summed E-state index contributed by atoms with van der Waals surface area (Å²) >= 11 is 0. The Kier molecular flexibility index (Phi) is 5.83. The van der Waals surface area contributed by atoms with E-state index in [0.29, 0.717) is 0 Å². The molecule has 7 nitrogen and oxygen atoms in total. The van der Waals surface area contributed by atoms with Gasteiger partial charge in [0.2, 0.25) is 0 Å². The first-order valence-electron chi connectivity index (χ1n) is 6.09. The molecule has 1 aliphatic rings. The highest BCUT2D eigenvalue weighted by Crippen LogP contribution is 2.23. The molecule has 3 N–H and O–H groups in total. The van der Waals surface area contributed by atoms with Gasteiger partial charge in [0.25, 0.3) is 0 Å². The van der Waals surface area contributed by atoms with E-state index in [2.05, 4.69) is 4.74 Å². The molecule has 0 bridgehead atoms. The van der Waals surface area contributed by atoms with E-state index < -0.39 is 16.3 Å². The number of carbonyl (C=O) groups excluding carboxylic acids is 1. The predicted octanol–water partition coefficient (Wildman–Crippen LogP) is 0.181. The van der Waals surface area contributed by atoms with Gasteiger partial charge in [0.1, 0.15) is 0 Å². The first-order chi connectivity index (χ1) is 8.51. The van der Waals surface area contributed by atoms with Crippen molar-refractivity contribution >= 4 is 16.3 Å². The molecule has 8 heteroatoms. The van der Waals surface area contributed by atoms with E-state index in [1.54, 1.807) is 0 Å². The van der Waals surface area contributed by atoms with E-state index in [1.807, 2.05) is 4.72 Å². The molecule has 0 saturated heterocycles. The van der Waals surface area contributed by atoms with Crippen LogP contribution in [0.1, 0.15) is 32.1 Å². The zero-order valence-corrected chi connectivity index (χ0v) is 11.4. The van der Waals surface area contributed by atoms with Crippen molar-refractivity contribution in [3.8, 4) is 0 Å². The lowest BCUT2D eigenvalue weighted by atomic mass is 9.95. The molecule has 1 fully saturated rings. The topological polar surface area (TPSA) is 102 Å². The summed E-state index contributed by atoms with van der Waals surface area (Å²) in [6, 6.07) is -0.0792. The molecule has 0 aromatic carbocycles. The summed E-state index contributed by atoms with van der Waals surface area (Å²) in [5, 5.41) is 0. The molecule has 0 aromatic rings. The molecule has 1 aliphatic carbocycles. The van der Waals surface area contributed by atoms with Crippen molar-refractivity contribution in [1.82, 2.24) is 9.03 Å². The van der Waals surface area contributed by atoms with Crippen molar-refractivity contribution in [2.24, 2.45) is 5.73 Å². The molecule has 106 valence electrons. The van der Waals surface area contributed by atoms with Crippen molar-refractivity contribution in [3.05, 3.63) is 0 Å². The van der Waals surface area contributed by atoms with E-state index in [9.17, 15) is 13.2 Å². The van der Waals surface area contributed by atoms with Gasteiger partial charge in [0.05, 0.1) is 7.11 Å². The highest BCUT2D eigenvalue weighted by Gasteiger charge is 2.31. The standard InChI is InChI=1S/C10H21N3O4S/c1-17-10(14)12-18(15,16)13(8-7-11)9-5-3-2-4-6-9/h9H,2-8,11H2,1H3,(H,12,14). The summed E-state index contributed by atoms with van der Waals surface area (Å²) in [4.78, 5) is 11.0. The molecule has 0 radical (unpaired) electrons. The Labute approximate surface area is 108 Å². The van der Waals surface area contributed by atoms with E-state index >= 15 is 0 Å². The average molecular weight is 279 g/mol. The van der Waals surface area contributed by atoms with Crippen LogP contribution < -0.4 is 10.5 Å². The van der Waals surface area contributed by atoms with Crippen molar-refractivity contribution in [2.45, 2.75) is 38.1 Å². The maximum Gasteiger partial charge on any atom is 0.421 e. The largest absolute Gasteiger partial charge is 0.452 e. The Morgan fingerprint density at radius 3 is 2.50 bits per heavy atom. The zero-order valence-electron chi connectivity index (χ0n) is 10.6. The molecule has 0 aromatic heterocycles. The number of hydrogen-bond acceptors (Lipinski definition) is 5. The smallest absolute Gasteiger partial charge is 0.421 e. The van der Waals surface area contributed by atoms with Crippen LogP contribution in [0.3, 0.4) is 0 Å². The fourth-order valence-electron chi connectivity index (χ4n) is 2.20. The van der Waals surface area contributed by atoms with Crippen LogP contribution in [-0.2, 0) is 14.9 Å². The second-order valence-electron chi connectivity index (χ2n) is 4.29. The summed E-state index contributed by atoms with van der Waals surface area (Å²) in [6.07, 6.45) is 3.76. The van der Waals surface area contributed by atoms with Gasteiger partial charge in [0.15, 0.2) is 0 Å². The summed E-state index contributed by atoms with van der Waals surface area (Å²) in [6.45, 7) is 0.426. The van der Waals surface area contributed by atoms with Crippen molar-refractivity contribution in [1.29, 1.82) is 0 Å². The van der Waals surface area contributed by atoms with Gasteiger partial charge in [-0.15, -0.1) is 0 Å². The van der Waals surface area contributed by atoms with Crippen molar-refractivity contribution in [2.75, 3.05) is 20.2 Å². The van der Waals surface area contributed by atoms with Crippen LogP contribution >= 0.6 is 0 Å². The zero-order chi connectivity index (χ0) is 13.6. The number of hydrogen-bond donors (Lipinski definition) is 2. The van der Waals surface area contributed by atoms with Crippen LogP contribution in [-0.4, -0.2) is 45.1 Å². The summed E-state index contributed by atoms with van der Waals surface area (Å²) in [5.74, 6) is 0. The third-order valence-electron chi connectivity index (χ3n) is 3.04. The molecule has 0 aliphatic heterocycles. The first-order valence-corrected chi connectivity index (χ1v) is 7.53. The van der Waals surface area contributed by atoms with Crippen LogP contribution in [0.15, 0.2) is 0 Å². The first kappa shape index (κ1) is 15.2. The average Bonchev–Trinajstić information content (AvgIpc) is 2.36. The Morgan fingerprint density at radius 1 is 1.39 bits per heavy atom. The number of ether oxygens (including phenoxy) is 1. The normalized spacial score (nSPS) is 17.7. The Balaban J connectivity index is 2.78. The van der Waals surface area contributed by atoms with Gasteiger partial charge >= 0.3 is 16.3 Å². The minimum Gasteiger partial charge on any atom is -0.452 e. The number of nitrogens with two attached hydrogens (primary N) is 1. The Bertz CT molecular complexity index is 365. The summed E-state index contributed by atoms with van der Waals surface area (Å²) in [7, 11) is -2.74. The van der Waals surface area contributed by atoms with Gasteiger partial charge < -0.3 is 10.5 Å². The number of amides is 1. The number of carbonyl (C=O) groups is 1. The second kappa shape index (κ2) is 6.91. The molecule has 0 unspecified atom stereocenters. The SMILES string of the molecule is COC(=O)NS(=O)(=O)N(CCN)C1CCCCC1. The molecular weight excluding hydrogens is 258 g/mol. The monoisotopic (exact) mass is 279 g/mol. The number of rotatable bonds is 5. The van der Waals surface area contributed by atoms with Crippen molar-refractivity contribution in [3.63, 3.8) is 0 Å². The quantitative estimate of drug-likeness (QED) is 0.747. The van der Waals surface area contributed by atoms with E-state index in [1.165, 1.54) is 4.31 Å². The van der Waals surface area contributed by atoms with E-state index in [0.717, 1.165) is 39.2 Å². The highest BCUT2D eigenvalue weighted by molar-refractivity contribution is 7.87. The fraction of sp³-hybridized carbons (Fsp3) is 0.900. The maximum absolute atomic E-state index is 12.0. The van der Waals surface area contributed by atoms with Gasteiger partial charge in [0, 0.05) is 19.1 Å². The third kappa shape index (κ3) is 4.11. The molecule has 0 heterocycles. The molecule has 1 saturated carbocycles. The van der Waals surface area contributed by atoms with Crippen LogP contribution in [0.25, 0.3) is 0 Å². The lowest BCUT2D eigenvalue weighted by molar-refractivity contribution is 0.175. The van der Waals surface area contributed by atoms with Gasteiger partial charge in [-0.25, -0.2) is 9.52 Å². The number of methoxy groups -OCH3 is 1. The van der Waals surface area contributed by atoms with E-state index in [-0.39, 0.29) is 19.1 Å². The van der Waals surface area contributed by atoms with Crippen molar-refractivity contribution < 1.29 is 17.9 Å². The maximum atomic E-state index is 12.0. The second-order valence-corrected chi connectivity index (χ2v) is 5.91. The Hall–Kier alpha value is -0.860.